The molecule has 0 radical (unpaired) electrons. The molecule has 0 aliphatic carbocycles. The molecule has 5 rings (SSSR count). The number of hydrogen-bond donors (Lipinski definition) is 3. The van der Waals surface area contributed by atoms with E-state index in [1.165, 1.54) is 38.3 Å². The molecule has 0 bridgehead atoms. The van der Waals surface area contributed by atoms with Crippen LogP contribution in [0.4, 0.5) is 17.6 Å². The molecule has 3 heterocycles. The fourth-order valence-corrected chi connectivity index (χ4v) is 5.02. The van der Waals surface area contributed by atoms with E-state index in [1.54, 1.807) is 19.2 Å². The van der Waals surface area contributed by atoms with E-state index in [0.717, 1.165) is 17.7 Å². The number of amides is 2. The van der Waals surface area contributed by atoms with Crippen LogP contribution in [-0.2, 0) is 15.8 Å². The number of nitrogens with zero attached hydrogens (tertiary/aromatic N) is 2. The average Bonchev–Trinajstić information content (AvgIpc) is 3.33. The molecule has 1 aliphatic rings. The molecule has 2 aromatic heterocycles. The van der Waals surface area contributed by atoms with Crippen LogP contribution in [-0.4, -0.2) is 53.3 Å². The van der Waals surface area contributed by atoms with Crippen molar-refractivity contribution in [3.63, 3.8) is 0 Å². The highest BCUT2D eigenvalue weighted by Gasteiger charge is 2.57. The third-order valence-electron chi connectivity index (χ3n) is 7.57. The highest BCUT2D eigenvalue weighted by atomic mass is 35.5. The van der Waals surface area contributed by atoms with Crippen molar-refractivity contribution < 1.29 is 41.7 Å². The van der Waals surface area contributed by atoms with Gasteiger partial charge in [-0.15, -0.1) is 0 Å². The molecule has 1 aliphatic heterocycles. The number of halogens is 5. The molecule has 14 heteroatoms. The lowest BCUT2D eigenvalue weighted by molar-refractivity contribution is -0.265. The summed E-state index contributed by atoms with van der Waals surface area (Å²) in [5.41, 5.74) is -0.0742. The van der Waals surface area contributed by atoms with Crippen LogP contribution in [0.5, 0.6) is 11.5 Å². The lowest BCUT2D eigenvalue weighted by atomic mass is 9.81. The Hall–Kier alpha value is -4.49. The summed E-state index contributed by atoms with van der Waals surface area (Å²) in [6.45, 7) is 1.41. The molecule has 44 heavy (non-hydrogen) atoms. The van der Waals surface area contributed by atoms with Crippen molar-refractivity contribution in [2.24, 2.45) is 5.73 Å². The molecule has 2 aromatic carbocycles. The summed E-state index contributed by atoms with van der Waals surface area (Å²) in [6, 6.07) is 8.70. The van der Waals surface area contributed by atoms with E-state index in [2.05, 4.69) is 15.3 Å². The van der Waals surface area contributed by atoms with Crippen LogP contribution in [0.3, 0.4) is 0 Å². The van der Waals surface area contributed by atoms with Crippen LogP contribution in [0.15, 0.2) is 48.7 Å². The van der Waals surface area contributed by atoms with E-state index in [0.29, 0.717) is 10.9 Å². The molecular formula is C30H25ClF4N4O5. The van der Waals surface area contributed by atoms with E-state index in [-0.39, 0.29) is 45.5 Å². The molecule has 0 unspecified atom stereocenters. The topological polar surface area (TPSA) is 137 Å². The molecule has 4 aromatic rings. The maximum atomic E-state index is 14.7. The van der Waals surface area contributed by atoms with Gasteiger partial charge >= 0.3 is 6.18 Å². The third kappa shape index (κ3) is 5.15. The molecule has 4 N–H and O–H groups in total. The van der Waals surface area contributed by atoms with Gasteiger partial charge in [-0.2, -0.15) is 13.2 Å². The minimum absolute atomic E-state index is 0.0422. The second-order valence-electron chi connectivity index (χ2n) is 10.7. The number of alkyl halides is 3. The number of methoxy groups -OCH3 is 1. The zero-order chi connectivity index (χ0) is 32.2. The molecule has 0 spiro atoms. The number of nitrogens with two attached hydrogens (primary N) is 1. The number of carbonyl (C=O) groups excluding carboxylic acids is 2. The zero-order valence-corrected chi connectivity index (χ0v) is 24.2. The molecular weight excluding hydrogens is 608 g/mol. The lowest BCUT2D eigenvalue weighted by Gasteiger charge is -2.31. The molecule has 230 valence electrons. The van der Waals surface area contributed by atoms with Gasteiger partial charge in [0.15, 0.2) is 0 Å². The van der Waals surface area contributed by atoms with E-state index < -0.39 is 47.1 Å². The number of hydrogen-bond acceptors (Lipinski definition) is 7. The van der Waals surface area contributed by atoms with Gasteiger partial charge in [-0.05, 0) is 55.8 Å². The maximum Gasteiger partial charge on any atom is 0.424 e. The number of pyridine rings is 2. The van der Waals surface area contributed by atoms with Crippen molar-refractivity contribution in [1.29, 1.82) is 0 Å². The number of nitrogens with one attached hydrogen (secondary N) is 1. The number of aromatic nitrogens is 2. The first kappa shape index (κ1) is 31.0. The Kier molecular flexibility index (Phi) is 7.67. The number of rotatable bonds is 7. The fraction of sp³-hybridized carbons (Fsp3) is 0.267. The monoisotopic (exact) mass is 632 g/mol. The second-order valence-corrected chi connectivity index (χ2v) is 11.1. The Balaban J connectivity index is 1.61. The normalized spacial score (nSPS) is 17.5. The van der Waals surface area contributed by atoms with Crippen molar-refractivity contribution in [2.45, 2.75) is 31.0 Å². The largest absolute Gasteiger partial charge is 0.494 e. The Labute approximate surface area is 253 Å². The SMILES string of the molecule is COc1cc(C(=O)NC[C@](O)(c2cc3c(c(-c4ccc(Cl)c(F)c4)n2)OC[C@]3(C)C(N)=O)C(F)(F)F)cc2cc(C)cnc12. The summed E-state index contributed by atoms with van der Waals surface area (Å²) in [5, 5.41) is 13.6. The van der Waals surface area contributed by atoms with E-state index >= 15 is 0 Å². The Morgan fingerprint density at radius 3 is 2.57 bits per heavy atom. The van der Waals surface area contributed by atoms with E-state index in [1.807, 2.05) is 0 Å². The van der Waals surface area contributed by atoms with Crippen LogP contribution >= 0.6 is 11.6 Å². The van der Waals surface area contributed by atoms with Crippen LogP contribution in [0.25, 0.3) is 22.2 Å². The molecule has 2 amide bonds. The molecule has 0 saturated carbocycles. The van der Waals surface area contributed by atoms with Gasteiger partial charge in [0.2, 0.25) is 11.5 Å². The van der Waals surface area contributed by atoms with Crippen molar-refractivity contribution in [1.82, 2.24) is 15.3 Å². The quantitative estimate of drug-likeness (QED) is 0.251. The predicted octanol–water partition coefficient (Wildman–Crippen LogP) is 4.72. The van der Waals surface area contributed by atoms with Crippen LogP contribution < -0.4 is 20.5 Å². The zero-order valence-electron chi connectivity index (χ0n) is 23.5. The van der Waals surface area contributed by atoms with Gasteiger partial charge in [0.1, 0.15) is 40.5 Å². The number of fused-ring (bicyclic) bond motifs is 2. The number of primary amides is 1. The molecule has 0 fully saturated rings. The number of aryl methyl sites for hydroxylation is 1. The summed E-state index contributed by atoms with van der Waals surface area (Å²) in [6.07, 6.45) is -3.80. The van der Waals surface area contributed by atoms with Gasteiger partial charge in [0, 0.05) is 28.3 Å². The van der Waals surface area contributed by atoms with Gasteiger partial charge in [0.05, 0.1) is 24.4 Å². The molecule has 2 atom stereocenters. The van der Waals surface area contributed by atoms with E-state index in [4.69, 9.17) is 26.8 Å². The first-order chi connectivity index (χ1) is 20.6. The van der Waals surface area contributed by atoms with E-state index in [9.17, 15) is 32.3 Å². The van der Waals surface area contributed by atoms with Gasteiger partial charge < -0.3 is 25.6 Å². The Bertz CT molecular complexity index is 1840. The van der Waals surface area contributed by atoms with Crippen molar-refractivity contribution >= 4 is 34.3 Å². The van der Waals surface area contributed by atoms with Crippen molar-refractivity contribution in [2.75, 3.05) is 20.3 Å². The minimum Gasteiger partial charge on any atom is -0.494 e. The third-order valence-corrected chi connectivity index (χ3v) is 7.88. The first-order valence-electron chi connectivity index (χ1n) is 13.0. The summed E-state index contributed by atoms with van der Waals surface area (Å²) in [4.78, 5) is 33.9. The van der Waals surface area contributed by atoms with Gasteiger partial charge in [-0.1, -0.05) is 17.7 Å². The predicted molar refractivity (Wildman–Crippen MR) is 152 cm³/mol. The number of carbonyl (C=O) groups is 2. The van der Waals surface area contributed by atoms with Crippen molar-refractivity contribution in [3.05, 3.63) is 81.9 Å². The van der Waals surface area contributed by atoms with Gasteiger partial charge in [0.25, 0.3) is 5.91 Å². The highest BCUT2D eigenvalue weighted by Crippen LogP contribution is 2.48. The number of ether oxygens (including phenoxy) is 2. The van der Waals surface area contributed by atoms with Crippen molar-refractivity contribution in [3.8, 4) is 22.8 Å². The average molecular weight is 633 g/mol. The lowest BCUT2D eigenvalue weighted by Crippen LogP contribution is -2.51. The number of benzene rings is 2. The standard InChI is InChI=1S/C30H25ClF4N4O5/c1-14-6-16-7-17(9-21(43-3)23(16)37-11-14)26(40)38-12-29(42,30(33,34)35)22-10-18-25(44-13-28(18,2)27(36)41)24(39-22)15-4-5-19(31)20(32)8-15/h4-11,42H,12-13H2,1-3H3,(H2,36,41)(H,38,40)/t28-,29-/m0/s1. The number of aliphatic hydroxyl groups is 1. The Morgan fingerprint density at radius 1 is 1.20 bits per heavy atom. The highest BCUT2D eigenvalue weighted by molar-refractivity contribution is 6.30. The van der Waals surface area contributed by atoms with Crippen LogP contribution in [0, 0.1) is 12.7 Å². The summed E-state index contributed by atoms with van der Waals surface area (Å²) >= 11 is 5.79. The Morgan fingerprint density at radius 2 is 1.93 bits per heavy atom. The van der Waals surface area contributed by atoms with Crippen LogP contribution in [0.1, 0.15) is 34.1 Å². The minimum atomic E-state index is -5.39. The van der Waals surface area contributed by atoms with Crippen LogP contribution in [0.2, 0.25) is 5.02 Å². The maximum absolute atomic E-state index is 14.7. The molecule has 9 nitrogen and oxygen atoms in total. The van der Waals surface area contributed by atoms with Gasteiger partial charge in [-0.3, -0.25) is 14.6 Å². The second kappa shape index (κ2) is 10.9. The first-order valence-corrected chi connectivity index (χ1v) is 13.4. The summed E-state index contributed by atoms with van der Waals surface area (Å²) in [7, 11) is 1.35. The fourth-order valence-electron chi connectivity index (χ4n) is 4.90. The smallest absolute Gasteiger partial charge is 0.424 e. The summed E-state index contributed by atoms with van der Waals surface area (Å²) in [5.74, 6) is -2.67. The van der Waals surface area contributed by atoms with Gasteiger partial charge in [-0.25, -0.2) is 9.37 Å². The summed E-state index contributed by atoms with van der Waals surface area (Å²) < 4.78 is 69.4. The molecule has 0 saturated heterocycles.